The van der Waals surface area contributed by atoms with Gasteiger partial charge in [-0.25, -0.2) is 0 Å². The molecule has 7 aliphatic rings. The van der Waals surface area contributed by atoms with E-state index in [1.807, 2.05) is 60.7 Å². The van der Waals surface area contributed by atoms with E-state index >= 15 is 0 Å². The number of allylic oxidation sites excluding steroid dienone is 7. The van der Waals surface area contributed by atoms with Crippen LogP contribution in [0.3, 0.4) is 0 Å². The molecule has 3 fully saturated rings. The second-order valence-corrected chi connectivity index (χ2v) is 20.8. The van der Waals surface area contributed by atoms with Gasteiger partial charge in [-0.05, 0) is 160 Å². The van der Waals surface area contributed by atoms with E-state index < -0.39 is 0 Å². The van der Waals surface area contributed by atoms with Crippen LogP contribution in [-0.4, -0.2) is 59.9 Å². The van der Waals surface area contributed by atoms with Gasteiger partial charge in [0.25, 0.3) is 11.8 Å². The number of hydrogen-bond acceptors (Lipinski definition) is 4. The zero-order chi connectivity index (χ0) is 42.2. The normalized spacial score (nSPS) is 33.5. The highest BCUT2D eigenvalue weighted by atomic mass is 16.2. The predicted molar refractivity (Wildman–Crippen MR) is 246 cm³/mol. The molecule has 1 aliphatic heterocycles. The average Bonchev–Trinajstić information content (AvgIpc) is 3.51. The number of anilines is 2. The van der Waals surface area contributed by atoms with Crippen LogP contribution in [0.4, 0.5) is 11.4 Å². The Morgan fingerprint density at radius 2 is 1.23 bits per heavy atom. The van der Waals surface area contributed by atoms with E-state index in [9.17, 15) is 9.59 Å². The van der Waals surface area contributed by atoms with Crippen LogP contribution < -0.4 is 10.6 Å². The highest BCUT2D eigenvalue weighted by molar-refractivity contribution is 6.05. The summed E-state index contributed by atoms with van der Waals surface area (Å²) in [6.45, 7) is 15.8. The summed E-state index contributed by atoms with van der Waals surface area (Å²) in [4.78, 5) is 33.0. The van der Waals surface area contributed by atoms with Gasteiger partial charge in [0.05, 0.1) is 5.54 Å². The Hall–Kier alpha value is -4.26. The van der Waals surface area contributed by atoms with Crippen LogP contribution in [0.5, 0.6) is 0 Å². The molecule has 6 nitrogen and oxygen atoms in total. The average molecular weight is 805 g/mol. The lowest BCUT2D eigenvalue weighted by molar-refractivity contribution is -0.113. The lowest BCUT2D eigenvalue weighted by Gasteiger charge is -2.52. The lowest BCUT2D eigenvalue weighted by atomic mass is 9.56. The topological polar surface area (TPSA) is 64.5 Å². The molecule has 6 heteroatoms. The molecule has 316 valence electrons. The summed E-state index contributed by atoms with van der Waals surface area (Å²) >= 11 is 0. The number of para-hydroxylation sites is 2. The SMILES string of the molecule is CC(C)C1=C2C3=CC=C(C(=O)Nc4ccccc4)C[C@H](N(C)CCC(C)C4=C5C6=CC=C(C(=O)Nc7ccccc7)C[C@@H]7N(C)[C@@]67CC[C@@]5(C)CC4)[C@]3(C)CC[C@@]2(C)CC1. The third-order valence-electron chi connectivity index (χ3n) is 17.0. The number of rotatable bonds is 10. The van der Waals surface area contributed by atoms with Crippen LogP contribution in [0.15, 0.2) is 130 Å². The van der Waals surface area contributed by atoms with Crippen molar-refractivity contribution in [3.63, 3.8) is 0 Å². The molecule has 0 bridgehead atoms. The van der Waals surface area contributed by atoms with Crippen molar-refractivity contribution in [3.8, 4) is 0 Å². The van der Waals surface area contributed by atoms with E-state index in [1.165, 1.54) is 43.3 Å². The highest BCUT2D eigenvalue weighted by Gasteiger charge is 2.67. The van der Waals surface area contributed by atoms with Crippen molar-refractivity contribution < 1.29 is 9.59 Å². The molecule has 1 spiro atoms. The Balaban J connectivity index is 1.01. The standard InChI is InChI=1S/C54H68N4O2/c1-35(2)41-23-26-51(4)28-30-53(6)43(47(41)51)21-19-37(49(59)55-39-15-11-9-12-16-39)33-45(53)57(7)32-25-36(3)42-24-27-52(5)29-31-54-44(48(42)52)22-20-38(34-46(54)58(54)8)50(60)56-40-17-13-10-14-18-40/h9-22,35-36,45-46H,23-34H2,1-8H3,(H,55,59)(H,56,60)/t36?,45-,46-,51+,52+,53+,54-,58?/m0/s1. The molecule has 1 heterocycles. The van der Waals surface area contributed by atoms with Crippen LogP contribution in [0.25, 0.3) is 0 Å². The van der Waals surface area contributed by atoms with Gasteiger partial charge in [0.15, 0.2) is 0 Å². The lowest BCUT2D eigenvalue weighted by Crippen LogP contribution is -2.50. The molecule has 60 heavy (non-hydrogen) atoms. The van der Waals surface area contributed by atoms with Crippen LogP contribution in [0.2, 0.25) is 0 Å². The van der Waals surface area contributed by atoms with Crippen molar-refractivity contribution in [1.29, 1.82) is 0 Å². The number of fused-ring (bicyclic) bond motifs is 5. The van der Waals surface area contributed by atoms with E-state index in [2.05, 4.69) is 100 Å². The van der Waals surface area contributed by atoms with Crippen LogP contribution in [0, 0.1) is 28.1 Å². The van der Waals surface area contributed by atoms with Gasteiger partial charge in [-0.3, -0.25) is 14.5 Å². The smallest absolute Gasteiger partial charge is 0.251 e. The van der Waals surface area contributed by atoms with Gasteiger partial charge < -0.3 is 15.5 Å². The molecule has 0 radical (unpaired) electrons. The Bertz CT molecular complexity index is 2260. The minimum absolute atomic E-state index is 0.0116. The summed E-state index contributed by atoms with van der Waals surface area (Å²) in [7, 11) is 4.63. The molecular formula is C54H68N4O2. The summed E-state index contributed by atoms with van der Waals surface area (Å²) in [5.74, 6) is 0.974. The molecule has 9 rings (SSSR count). The maximum atomic E-state index is 14.1. The Morgan fingerprint density at radius 3 is 1.83 bits per heavy atom. The molecular weight excluding hydrogens is 737 g/mol. The van der Waals surface area contributed by atoms with Crippen molar-refractivity contribution in [3.05, 3.63) is 130 Å². The molecule has 2 aromatic carbocycles. The monoisotopic (exact) mass is 805 g/mol. The number of nitrogens with one attached hydrogen (secondary N) is 2. The van der Waals surface area contributed by atoms with Gasteiger partial charge in [0, 0.05) is 40.0 Å². The van der Waals surface area contributed by atoms with E-state index in [0.717, 1.165) is 67.6 Å². The van der Waals surface area contributed by atoms with Gasteiger partial charge in [-0.2, -0.15) is 0 Å². The number of likely N-dealkylation sites (N-methyl/N-ethyl adjacent to an activating group) is 1. The molecule has 8 atom stereocenters. The van der Waals surface area contributed by atoms with Gasteiger partial charge in [-0.15, -0.1) is 0 Å². The Labute approximate surface area is 360 Å². The molecule has 1 saturated heterocycles. The largest absolute Gasteiger partial charge is 0.322 e. The minimum atomic E-state index is -0.0697. The number of hydrogen-bond donors (Lipinski definition) is 2. The van der Waals surface area contributed by atoms with Gasteiger partial charge in [0.2, 0.25) is 0 Å². The minimum Gasteiger partial charge on any atom is -0.322 e. The zero-order valence-electron chi connectivity index (χ0n) is 37.6. The first-order chi connectivity index (χ1) is 28.7. The van der Waals surface area contributed by atoms with Crippen LogP contribution in [0.1, 0.15) is 112 Å². The van der Waals surface area contributed by atoms with Crippen LogP contribution >= 0.6 is 0 Å². The number of benzene rings is 2. The van der Waals surface area contributed by atoms with Crippen molar-refractivity contribution in [2.45, 2.75) is 130 Å². The predicted octanol–water partition coefficient (Wildman–Crippen LogP) is 11.6. The fraction of sp³-hybridized carbons (Fsp3) is 0.519. The third-order valence-corrected chi connectivity index (χ3v) is 17.0. The number of nitrogens with zero attached hydrogens (tertiary/aromatic N) is 2. The maximum Gasteiger partial charge on any atom is 0.251 e. The summed E-state index contributed by atoms with van der Waals surface area (Å²) in [6.07, 6.45) is 21.1. The summed E-state index contributed by atoms with van der Waals surface area (Å²) in [6, 6.07) is 20.3. The van der Waals surface area contributed by atoms with Crippen molar-refractivity contribution >= 4 is 23.2 Å². The molecule has 2 saturated carbocycles. The fourth-order valence-corrected chi connectivity index (χ4v) is 13.2. The second-order valence-electron chi connectivity index (χ2n) is 20.8. The van der Waals surface area contributed by atoms with E-state index in [4.69, 9.17) is 0 Å². The van der Waals surface area contributed by atoms with Crippen molar-refractivity contribution in [2.75, 3.05) is 31.3 Å². The summed E-state index contributed by atoms with van der Waals surface area (Å²) in [5.41, 5.74) is 13.2. The van der Waals surface area contributed by atoms with Crippen molar-refractivity contribution in [2.24, 2.45) is 28.1 Å². The first-order valence-corrected chi connectivity index (χ1v) is 23.1. The summed E-state index contributed by atoms with van der Waals surface area (Å²) in [5, 5.41) is 6.41. The number of carbonyl (C=O) groups is 2. The molecule has 0 aromatic heterocycles. The number of amides is 2. The number of carbonyl (C=O) groups excluding carboxylic acids is 2. The van der Waals surface area contributed by atoms with E-state index in [0.29, 0.717) is 17.9 Å². The molecule has 2 unspecified atom stereocenters. The molecule has 2 aromatic rings. The first-order valence-electron chi connectivity index (χ1n) is 23.1. The van der Waals surface area contributed by atoms with Crippen LogP contribution in [-0.2, 0) is 9.59 Å². The van der Waals surface area contributed by atoms with Crippen molar-refractivity contribution in [1.82, 2.24) is 9.80 Å². The van der Waals surface area contributed by atoms with Gasteiger partial charge >= 0.3 is 0 Å². The highest BCUT2D eigenvalue weighted by Crippen LogP contribution is 2.66. The Kier molecular flexibility index (Phi) is 10.5. The third kappa shape index (κ3) is 6.76. The first kappa shape index (κ1) is 41.1. The van der Waals surface area contributed by atoms with Gasteiger partial charge in [-0.1, -0.05) is 113 Å². The molecule has 2 amide bonds. The fourth-order valence-electron chi connectivity index (χ4n) is 13.2. The second kappa shape index (κ2) is 15.3. The summed E-state index contributed by atoms with van der Waals surface area (Å²) < 4.78 is 0. The quantitative estimate of drug-likeness (QED) is 0.235. The Morgan fingerprint density at radius 1 is 0.700 bits per heavy atom. The van der Waals surface area contributed by atoms with E-state index in [-0.39, 0.29) is 39.6 Å². The van der Waals surface area contributed by atoms with Gasteiger partial charge in [0.1, 0.15) is 0 Å². The van der Waals surface area contributed by atoms with E-state index in [1.54, 1.807) is 22.3 Å². The maximum absolute atomic E-state index is 14.1. The zero-order valence-corrected chi connectivity index (χ0v) is 37.6. The molecule has 6 aliphatic carbocycles. The molecule has 2 N–H and O–H groups in total.